The van der Waals surface area contributed by atoms with E-state index in [9.17, 15) is 9.59 Å². The van der Waals surface area contributed by atoms with E-state index < -0.39 is 11.3 Å². The van der Waals surface area contributed by atoms with E-state index in [-0.39, 0.29) is 35.5 Å². The quantitative estimate of drug-likeness (QED) is 0.179. The Morgan fingerprint density at radius 3 is 2.44 bits per heavy atom. The van der Waals surface area contributed by atoms with Crippen LogP contribution in [0, 0.1) is 32.5 Å². The maximum Gasteiger partial charge on any atom is 0.438 e. The summed E-state index contributed by atoms with van der Waals surface area (Å²) in [5.41, 5.74) is 6.62. The summed E-state index contributed by atoms with van der Waals surface area (Å²) in [5, 5.41) is 15.5. The van der Waals surface area contributed by atoms with Crippen LogP contribution in [0.25, 0.3) is 39.0 Å². The number of nitrogens with one attached hydrogen (secondary N) is 1. The van der Waals surface area contributed by atoms with Crippen molar-refractivity contribution in [1.29, 1.82) is 0 Å². The van der Waals surface area contributed by atoms with E-state index in [1.165, 1.54) is 5.56 Å². The predicted octanol–water partition coefficient (Wildman–Crippen LogP) is 7.05. The van der Waals surface area contributed by atoms with E-state index >= 15 is 9.18 Å². The number of carbonyl (C=O) groups excluding carboxylic acids is 1. The van der Waals surface area contributed by atoms with Gasteiger partial charge in [-0.05, 0) is 130 Å². The minimum atomic E-state index is -0.816. The smallest absolute Gasteiger partial charge is 0.376 e. The SMILES string of the molecule is Cc1cc(-n2nc3c(c2-n2ccn(-c4ccc5c(cnn5C)c4C)c2=O)CN(C(=O)c2cc4cc([C@H]5CCOC(C)(C)C5)ccc4n2[C@@]2(c4noc(=O)[nH]4)C[C@@H]2C)CC3)cc(C)c1F. The van der Waals surface area contributed by atoms with Gasteiger partial charge in [0.1, 0.15) is 22.9 Å². The van der Waals surface area contributed by atoms with Crippen molar-refractivity contribution >= 4 is 27.7 Å². The van der Waals surface area contributed by atoms with Crippen molar-refractivity contribution in [3.8, 4) is 17.2 Å². The molecule has 7 heterocycles. The molecule has 1 saturated heterocycles. The van der Waals surface area contributed by atoms with E-state index in [4.69, 9.17) is 14.4 Å². The number of nitrogens with zero attached hydrogens (tertiary/aromatic N) is 9. The number of fused-ring (bicyclic) bond motifs is 3. The molecule has 15 nitrogen and oxygen atoms in total. The number of hydrogen-bond donors (Lipinski definition) is 1. The highest BCUT2D eigenvalue weighted by Crippen LogP contribution is 2.56. The number of imidazole rings is 1. The van der Waals surface area contributed by atoms with Crippen molar-refractivity contribution in [3.05, 3.63) is 139 Å². The number of carbonyl (C=O) groups is 1. The van der Waals surface area contributed by atoms with E-state index in [0.717, 1.165) is 45.9 Å². The highest BCUT2D eigenvalue weighted by Gasteiger charge is 2.59. The van der Waals surface area contributed by atoms with Crippen LogP contribution in [0.15, 0.2) is 81.2 Å². The van der Waals surface area contributed by atoms with Crippen LogP contribution in [0.3, 0.4) is 0 Å². The number of aromatic nitrogens is 9. The van der Waals surface area contributed by atoms with Crippen LogP contribution in [-0.2, 0) is 30.3 Å². The Morgan fingerprint density at radius 1 is 0.969 bits per heavy atom. The van der Waals surface area contributed by atoms with Gasteiger partial charge in [0.25, 0.3) is 5.91 Å². The molecule has 16 heteroatoms. The molecule has 3 aliphatic rings. The number of ether oxygens (including phenoxy) is 1. The molecule has 3 aromatic carbocycles. The third-order valence-electron chi connectivity index (χ3n) is 14.1. The fraction of sp³-hybridized carbons (Fsp3) is 0.375. The van der Waals surface area contributed by atoms with E-state index in [1.54, 1.807) is 68.0 Å². The summed E-state index contributed by atoms with van der Waals surface area (Å²) in [7, 11) is 1.88. The average Bonchev–Trinajstić information content (AvgIpc) is 3.89. The molecule has 3 atom stereocenters. The number of rotatable bonds is 7. The molecule has 8 aromatic rings. The van der Waals surface area contributed by atoms with Gasteiger partial charge in [0.15, 0.2) is 5.82 Å². The van der Waals surface area contributed by atoms with Gasteiger partial charge in [-0.25, -0.2) is 18.7 Å². The van der Waals surface area contributed by atoms with Gasteiger partial charge >= 0.3 is 11.4 Å². The first-order chi connectivity index (χ1) is 30.6. The van der Waals surface area contributed by atoms with E-state index in [1.807, 2.05) is 32.2 Å². The molecule has 1 aliphatic carbocycles. The van der Waals surface area contributed by atoms with Crippen molar-refractivity contribution in [2.75, 3.05) is 13.2 Å². The monoisotopic (exact) mass is 864 g/mol. The summed E-state index contributed by atoms with van der Waals surface area (Å²) in [5.74, 6) is 0.00388. The Labute approximate surface area is 366 Å². The molecule has 2 fully saturated rings. The second-order valence-electron chi connectivity index (χ2n) is 18.7. The van der Waals surface area contributed by atoms with E-state index in [0.29, 0.717) is 77.3 Å². The van der Waals surface area contributed by atoms with Crippen LogP contribution >= 0.6 is 0 Å². The summed E-state index contributed by atoms with van der Waals surface area (Å²) in [4.78, 5) is 47.1. The third-order valence-corrected chi connectivity index (χ3v) is 14.1. The van der Waals surface area contributed by atoms with Crippen LogP contribution in [0.2, 0.25) is 0 Å². The van der Waals surface area contributed by atoms with Crippen molar-refractivity contribution in [2.24, 2.45) is 13.0 Å². The summed E-state index contributed by atoms with van der Waals surface area (Å²) in [6.07, 6.45) is 8.09. The minimum Gasteiger partial charge on any atom is -0.376 e. The molecule has 1 N–H and O–H groups in total. The average molecular weight is 865 g/mol. The highest BCUT2D eigenvalue weighted by molar-refractivity contribution is 5.99. The molecule has 2 aliphatic heterocycles. The van der Waals surface area contributed by atoms with Gasteiger partial charge in [-0.3, -0.25) is 28.1 Å². The number of hydrogen-bond acceptors (Lipinski definition) is 8. The van der Waals surface area contributed by atoms with Crippen molar-refractivity contribution < 1.29 is 18.4 Å². The second-order valence-corrected chi connectivity index (χ2v) is 18.7. The van der Waals surface area contributed by atoms with Gasteiger partial charge < -0.3 is 14.2 Å². The lowest BCUT2D eigenvalue weighted by Crippen LogP contribution is -2.39. The zero-order chi connectivity index (χ0) is 44.6. The zero-order valence-electron chi connectivity index (χ0n) is 36.9. The molecular formula is C48H49FN10O5. The Bertz CT molecular complexity index is 3330. The van der Waals surface area contributed by atoms with Gasteiger partial charge in [0.2, 0.25) is 0 Å². The molecular weight excluding hydrogens is 816 g/mol. The van der Waals surface area contributed by atoms with E-state index in [2.05, 4.69) is 58.8 Å². The summed E-state index contributed by atoms with van der Waals surface area (Å²) < 4.78 is 34.9. The fourth-order valence-corrected chi connectivity index (χ4v) is 10.7. The Kier molecular flexibility index (Phi) is 8.81. The molecule has 0 unspecified atom stereocenters. The number of benzene rings is 3. The van der Waals surface area contributed by atoms with Gasteiger partial charge in [0.05, 0.1) is 40.9 Å². The van der Waals surface area contributed by atoms with Crippen LogP contribution < -0.4 is 11.4 Å². The molecule has 328 valence electrons. The van der Waals surface area contributed by atoms with Crippen molar-refractivity contribution in [2.45, 2.75) is 90.8 Å². The first kappa shape index (κ1) is 40.0. The van der Waals surface area contributed by atoms with Crippen LogP contribution in [0.4, 0.5) is 4.39 Å². The molecule has 0 bridgehead atoms. The summed E-state index contributed by atoms with van der Waals surface area (Å²) >= 11 is 0. The van der Waals surface area contributed by atoms with Crippen molar-refractivity contribution in [1.82, 2.24) is 48.3 Å². The maximum absolute atomic E-state index is 15.4. The second kappa shape index (κ2) is 14.1. The minimum absolute atomic E-state index is 0.0326. The Hall–Kier alpha value is -6.81. The lowest BCUT2D eigenvalue weighted by Gasteiger charge is -2.35. The maximum atomic E-state index is 15.4. The predicted molar refractivity (Wildman–Crippen MR) is 237 cm³/mol. The molecule has 1 amide bonds. The Morgan fingerprint density at radius 2 is 1.72 bits per heavy atom. The van der Waals surface area contributed by atoms with Crippen LogP contribution in [0.1, 0.15) is 95.8 Å². The van der Waals surface area contributed by atoms with Gasteiger partial charge in [-0.2, -0.15) is 10.2 Å². The van der Waals surface area contributed by atoms with Crippen LogP contribution in [0.5, 0.6) is 0 Å². The molecule has 0 spiro atoms. The molecule has 11 rings (SSSR count). The molecule has 1 saturated carbocycles. The first-order valence-electron chi connectivity index (χ1n) is 21.9. The molecule has 5 aromatic heterocycles. The highest BCUT2D eigenvalue weighted by atomic mass is 19.1. The molecule has 0 radical (unpaired) electrons. The Balaban J connectivity index is 1.04. The fourth-order valence-electron chi connectivity index (χ4n) is 10.7. The largest absolute Gasteiger partial charge is 0.438 e. The molecule has 64 heavy (non-hydrogen) atoms. The lowest BCUT2D eigenvalue weighted by atomic mass is 9.83. The van der Waals surface area contributed by atoms with Gasteiger partial charge in [-0.1, -0.05) is 18.1 Å². The lowest BCUT2D eigenvalue weighted by molar-refractivity contribution is -0.0592. The summed E-state index contributed by atoms with van der Waals surface area (Å²) in [6, 6.07) is 15.7. The number of halogens is 1. The number of aromatic amines is 1. The topological polar surface area (TPSA) is 156 Å². The number of amides is 1. The third kappa shape index (κ3) is 6.01. The normalized spacial score (nSPS) is 20.7. The zero-order valence-corrected chi connectivity index (χ0v) is 36.9. The first-order valence-corrected chi connectivity index (χ1v) is 21.9. The van der Waals surface area contributed by atoms with Gasteiger partial charge in [0, 0.05) is 60.9 Å². The van der Waals surface area contributed by atoms with Gasteiger partial charge in [-0.15, -0.1) is 0 Å². The number of H-pyrrole nitrogens is 1. The summed E-state index contributed by atoms with van der Waals surface area (Å²) in [6.45, 7) is 12.9. The van der Waals surface area contributed by atoms with Crippen LogP contribution in [-0.4, -0.2) is 73.0 Å². The van der Waals surface area contributed by atoms with Crippen molar-refractivity contribution in [3.63, 3.8) is 0 Å². The number of aryl methyl sites for hydroxylation is 4. The standard InChI is InChI=1S/C48H49FN10O5/c1-26-18-33(19-27(2)41(26)49)59-42(57-16-15-56(46(57)62)37-10-11-39-34(29(37)4)24-50-54(39)7)35-25-55(14-12-36(35)52-59)43(60)40-21-32-20-30(31-13-17-63-47(5,6)23-31)8-9-38(32)58(40)48(22-28(48)3)44-51-45(61)64-53-44/h8-11,15-16,18-21,24,28,31H,12-14,17,22-23,25H2,1-7H3,(H,51,53,61)/t28-,31-,48-/m0/s1.